The Kier molecular flexibility index (Phi) is 6.94. The Morgan fingerprint density at radius 3 is 2.50 bits per heavy atom. The average Bonchev–Trinajstić information content (AvgIpc) is 2.93. The summed E-state index contributed by atoms with van der Waals surface area (Å²) in [6.07, 6.45) is 1.29. The van der Waals surface area contributed by atoms with Gasteiger partial charge < -0.3 is 13.9 Å². The van der Waals surface area contributed by atoms with Crippen LogP contribution < -0.4 is 0 Å². The summed E-state index contributed by atoms with van der Waals surface area (Å²) in [5, 5.41) is 0. The van der Waals surface area contributed by atoms with Crippen molar-refractivity contribution in [1.29, 1.82) is 0 Å². The third kappa shape index (κ3) is 5.37. The molecule has 0 unspecified atom stereocenters. The maximum Gasteiger partial charge on any atom is 0.410 e. The van der Waals surface area contributed by atoms with E-state index in [-0.39, 0.29) is 18.1 Å². The van der Waals surface area contributed by atoms with Crippen molar-refractivity contribution in [2.45, 2.75) is 53.2 Å². The molecule has 0 spiro atoms. The summed E-state index contributed by atoms with van der Waals surface area (Å²) in [5.41, 5.74) is -0.526. The van der Waals surface area contributed by atoms with Gasteiger partial charge >= 0.3 is 6.09 Å². The molecular weight excluding hydrogens is 282 g/mol. The summed E-state index contributed by atoms with van der Waals surface area (Å²) in [6, 6.07) is 3.51. The largest absolute Gasteiger partial charge is 0.467 e. The highest BCUT2D eigenvalue weighted by Crippen LogP contribution is 2.30. The number of furan rings is 1. The molecule has 1 heterocycles. The molecule has 0 aliphatic rings. The van der Waals surface area contributed by atoms with Gasteiger partial charge in [-0.3, -0.25) is 4.90 Å². The highest BCUT2D eigenvalue weighted by Gasteiger charge is 2.33. The minimum atomic E-state index is -0.526. The summed E-state index contributed by atoms with van der Waals surface area (Å²) in [4.78, 5) is 14.2. The monoisotopic (exact) mass is 311 g/mol. The number of hydrogen-bond donors (Lipinski definition) is 0. The Morgan fingerprint density at radius 1 is 1.36 bits per heavy atom. The average molecular weight is 311 g/mol. The topological polar surface area (TPSA) is 51.9 Å². The molecule has 0 bridgehead atoms. The Balaban J connectivity index is 2.99. The van der Waals surface area contributed by atoms with Crippen LogP contribution in [0.1, 0.15) is 53.3 Å². The van der Waals surface area contributed by atoms with Crippen LogP contribution in [0, 0.1) is 5.92 Å². The number of rotatable bonds is 7. The van der Waals surface area contributed by atoms with Gasteiger partial charge in [-0.05, 0) is 46.8 Å². The van der Waals surface area contributed by atoms with Crippen LogP contribution in [-0.2, 0) is 9.47 Å². The Labute approximate surface area is 133 Å². The molecule has 1 rings (SSSR count). The Hall–Kier alpha value is -1.49. The molecular formula is C17H29NO4. The summed E-state index contributed by atoms with van der Waals surface area (Å²) >= 11 is 0. The first-order valence-electron chi connectivity index (χ1n) is 7.90. The van der Waals surface area contributed by atoms with Crippen LogP contribution >= 0.6 is 0 Å². The number of carbonyl (C=O) groups excluding carboxylic acids is 1. The molecule has 1 aromatic rings. The quantitative estimate of drug-likeness (QED) is 0.755. The first kappa shape index (κ1) is 18.6. The first-order chi connectivity index (χ1) is 10.3. The second-order valence-corrected chi connectivity index (χ2v) is 6.36. The summed E-state index contributed by atoms with van der Waals surface area (Å²) in [7, 11) is 0. The zero-order chi connectivity index (χ0) is 16.8. The number of amides is 1. The Morgan fingerprint density at radius 2 is 2.05 bits per heavy atom. The van der Waals surface area contributed by atoms with Gasteiger partial charge in [-0.2, -0.15) is 0 Å². The number of hydrogen-bond acceptors (Lipinski definition) is 4. The van der Waals surface area contributed by atoms with Crippen LogP contribution in [0.4, 0.5) is 4.79 Å². The van der Waals surface area contributed by atoms with Crippen molar-refractivity contribution in [3.8, 4) is 0 Å². The molecule has 0 radical (unpaired) electrons. The second-order valence-electron chi connectivity index (χ2n) is 6.36. The van der Waals surface area contributed by atoms with E-state index in [1.54, 1.807) is 11.2 Å². The van der Waals surface area contributed by atoms with Crippen molar-refractivity contribution in [3.05, 3.63) is 24.2 Å². The normalized spacial score (nSPS) is 14.5. The fourth-order valence-corrected chi connectivity index (χ4v) is 2.36. The molecule has 0 aromatic carbocycles. The van der Waals surface area contributed by atoms with Gasteiger partial charge in [0.05, 0.1) is 18.9 Å². The van der Waals surface area contributed by atoms with Gasteiger partial charge in [0, 0.05) is 19.1 Å². The number of nitrogens with zero attached hydrogens (tertiary/aromatic N) is 1. The fourth-order valence-electron chi connectivity index (χ4n) is 2.36. The van der Waals surface area contributed by atoms with Gasteiger partial charge in [0.1, 0.15) is 11.4 Å². The van der Waals surface area contributed by atoms with Crippen molar-refractivity contribution in [2.75, 3.05) is 19.8 Å². The lowest BCUT2D eigenvalue weighted by atomic mass is 9.99. The zero-order valence-corrected chi connectivity index (χ0v) is 14.6. The smallest absolute Gasteiger partial charge is 0.410 e. The minimum Gasteiger partial charge on any atom is -0.467 e. The van der Waals surface area contributed by atoms with Crippen LogP contribution in [0.5, 0.6) is 0 Å². The van der Waals surface area contributed by atoms with E-state index in [0.29, 0.717) is 19.8 Å². The van der Waals surface area contributed by atoms with E-state index in [1.807, 2.05) is 46.8 Å². The molecule has 22 heavy (non-hydrogen) atoms. The maximum atomic E-state index is 12.5. The summed E-state index contributed by atoms with van der Waals surface area (Å²) in [5.74, 6) is 0.846. The van der Waals surface area contributed by atoms with Gasteiger partial charge in [0.15, 0.2) is 0 Å². The lowest BCUT2D eigenvalue weighted by Gasteiger charge is -2.34. The van der Waals surface area contributed by atoms with Crippen LogP contribution in [-0.4, -0.2) is 36.4 Å². The van der Waals surface area contributed by atoms with Crippen molar-refractivity contribution >= 4 is 6.09 Å². The first-order valence-corrected chi connectivity index (χ1v) is 7.90. The molecule has 0 saturated heterocycles. The van der Waals surface area contributed by atoms with Gasteiger partial charge in [-0.25, -0.2) is 4.79 Å². The second kappa shape index (κ2) is 8.22. The van der Waals surface area contributed by atoms with Crippen molar-refractivity contribution in [1.82, 2.24) is 4.90 Å². The standard InChI is InChI=1S/C17H29NO4/c1-7-18(16(19)22-17(4,5)6)15(13(3)12-20-8-2)14-10-9-11-21-14/h9-11,13,15H,7-8,12H2,1-6H3/t13-,15+/m1/s1. The molecule has 0 fully saturated rings. The number of ether oxygens (including phenoxy) is 2. The summed E-state index contributed by atoms with van der Waals surface area (Å²) in [6.45, 7) is 13.3. The molecule has 1 amide bonds. The van der Waals surface area contributed by atoms with Crippen molar-refractivity contribution in [3.63, 3.8) is 0 Å². The SMILES string of the molecule is CCOC[C@@H](C)[C@@H](c1ccco1)N(CC)C(=O)OC(C)(C)C. The van der Waals surface area contributed by atoms with E-state index in [2.05, 4.69) is 6.92 Å². The van der Waals surface area contributed by atoms with Crippen LogP contribution in [0.25, 0.3) is 0 Å². The molecule has 1 aromatic heterocycles. The fraction of sp³-hybridized carbons (Fsp3) is 0.706. The zero-order valence-electron chi connectivity index (χ0n) is 14.6. The van der Waals surface area contributed by atoms with E-state index in [4.69, 9.17) is 13.9 Å². The minimum absolute atomic E-state index is 0.0959. The van der Waals surface area contributed by atoms with Crippen LogP contribution in [0.2, 0.25) is 0 Å². The van der Waals surface area contributed by atoms with E-state index >= 15 is 0 Å². The van der Waals surface area contributed by atoms with Gasteiger partial charge in [0.25, 0.3) is 0 Å². The molecule has 126 valence electrons. The van der Waals surface area contributed by atoms with E-state index < -0.39 is 5.60 Å². The van der Waals surface area contributed by atoms with Crippen LogP contribution in [0.15, 0.2) is 22.8 Å². The van der Waals surface area contributed by atoms with Gasteiger partial charge in [-0.1, -0.05) is 6.92 Å². The maximum absolute atomic E-state index is 12.5. The van der Waals surface area contributed by atoms with Gasteiger partial charge in [-0.15, -0.1) is 0 Å². The van der Waals surface area contributed by atoms with Crippen LogP contribution in [0.3, 0.4) is 0 Å². The van der Waals surface area contributed by atoms with Crippen molar-refractivity contribution < 1.29 is 18.7 Å². The lowest BCUT2D eigenvalue weighted by Crippen LogP contribution is -2.42. The Bertz CT molecular complexity index is 436. The van der Waals surface area contributed by atoms with E-state index in [9.17, 15) is 4.79 Å². The molecule has 0 aliphatic carbocycles. The molecule has 0 N–H and O–H groups in total. The third-order valence-electron chi connectivity index (χ3n) is 3.26. The predicted molar refractivity (Wildman–Crippen MR) is 85.7 cm³/mol. The number of carbonyl (C=O) groups is 1. The molecule has 5 heteroatoms. The highest BCUT2D eigenvalue weighted by molar-refractivity contribution is 5.68. The lowest BCUT2D eigenvalue weighted by molar-refractivity contribution is -0.000740. The van der Waals surface area contributed by atoms with Crippen molar-refractivity contribution in [2.24, 2.45) is 5.92 Å². The van der Waals surface area contributed by atoms with E-state index in [1.165, 1.54) is 0 Å². The molecule has 2 atom stereocenters. The van der Waals surface area contributed by atoms with Gasteiger partial charge in [0.2, 0.25) is 0 Å². The highest BCUT2D eigenvalue weighted by atomic mass is 16.6. The molecule has 5 nitrogen and oxygen atoms in total. The molecule has 0 aliphatic heterocycles. The third-order valence-corrected chi connectivity index (χ3v) is 3.26. The summed E-state index contributed by atoms with van der Waals surface area (Å²) < 4.78 is 16.6. The molecule has 0 saturated carbocycles. The van der Waals surface area contributed by atoms with E-state index in [0.717, 1.165) is 5.76 Å². The predicted octanol–water partition coefficient (Wildman–Crippen LogP) is 4.25.